The highest BCUT2D eigenvalue weighted by Crippen LogP contribution is 2.34. The number of aliphatic carboxylic acids is 1. The molecule has 98 valence electrons. The fraction of sp³-hybridized carbons (Fsp3) is 0.900. The van der Waals surface area contributed by atoms with Crippen molar-refractivity contribution < 1.29 is 18.3 Å². The van der Waals surface area contributed by atoms with Gasteiger partial charge in [0.25, 0.3) is 10.2 Å². The highest BCUT2D eigenvalue weighted by Gasteiger charge is 2.49. The molecular formula is C10H18N2O4S. The van der Waals surface area contributed by atoms with Gasteiger partial charge in [-0.05, 0) is 32.6 Å². The first-order valence-corrected chi connectivity index (χ1v) is 7.17. The van der Waals surface area contributed by atoms with Crippen molar-refractivity contribution in [3.63, 3.8) is 0 Å². The fourth-order valence-corrected chi connectivity index (χ4v) is 3.98. The van der Waals surface area contributed by atoms with E-state index in [0.717, 1.165) is 17.1 Å². The third kappa shape index (κ3) is 2.19. The summed E-state index contributed by atoms with van der Waals surface area (Å²) >= 11 is 0. The molecule has 6 nitrogen and oxygen atoms in total. The predicted octanol–water partition coefficient (Wildman–Crippen LogP) is 0.122. The van der Waals surface area contributed by atoms with Crippen LogP contribution in [0.15, 0.2) is 0 Å². The van der Waals surface area contributed by atoms with Crippen LogP contribution in [0, 0.1) is 5.92 Å². The molecule has 1 aliphatic heterocycles. The van der Waals surface area contributed by atoms with E-state index >= 15 is 0 Å². The summed E-state index contributed by atoms with van der Waals surface area (Å²) in [6.45, 7) is 4.04. The first-order chi connectivity index (χ1) is 7.76. The maximum absolute atomic E-state index is 12.2. The van der Waals surface area contributed by atoms with Crippen molar-refractivity contribution in [2.24, 2.45) is 5.92 Å². The summed E-state index contributed by atoms with van der Waals surface area (Å²) in [5.41, 5.74) is -1.38. The molecule has 1 saturated carbocycles. The number of nitrogens with zero attached hydrogens (tertiary/aromatic N) is 2. The van der Waals surface area contributed by atoms with Gasteiger partial charge in [-0.3, -0.25) is 4.79 Å². The van der Waals surface area contributed by atoms with Gasteiger partial charge in [0, 0.05) is 19.6 Å². The molecule has 0 amide bonds. The van der Waals surface area contributed by atoms with Crippen LogP contribution in [0.3, 0.4) is 0 Å². The van der Waals surface area contributed by atoms with Crippen LogP contribution in [-0.4, -0.2) is 53.3 Å². The molecule has 1 heterocycles. The lowest BCUT2D eigenvalue weighted by Gasteiger charge is -2.30. The van der Waals surface area contributed by atoms with E-state index in [1.54, 1.807) is 0 Å². The van der Waals surface area contributed by atoms with Crippen molar-refractivity contribution in [1.29, 1.82) is 0 Å². The van der Waals surface area contributed by atoms with Crippen molar-refractivity contribution in [2.75, 3.05) is 19.6 Å². The minimum absolute atomic E-state index is 0.258. The molecule has 2 aliphatic rings. The molecule has 1 saturated heterocycles. The Bertz CT molecular complexity index is 428. The van der Waals surface area contributed by atoms with E-state index < -0.39 is 21.7 Å². The van der Waals surface area contributed by atoms with Crippen molar-refractivity contribution in [2.45, 2.75) is 32.2 Å². The van der Waals surface area contributed by atoms with Crippen LogP contribution in [0.25, 0.3) is 0 Å². The standard InChI is InChI=1S/C10H18N2O4S/c1-10(2,9(13)14)12-6-5-11(17(12,15)16)7-8-3-4-8/h8H,3-7H2,1-2H3,(H,13,14). The smallest absolute Gasteiger partial charge is 0.324 e. The van der Waals surface area contributed by atoms with Gasteiger partial charge < -0.3 is 5.11 Å². The maximum Gasteiger partial charge on any atom is 0.324 e. The van der Waals surface area contributed by atoms with E-state index in [1.165, 1.54) is 18.2 Å². The largest absolute Gasteiger partial charge is 0.480 e. The quantitative estimate of drug-likeness (QED) is 0.780. The van der Waals surface area contributed by atoms with Gasteiger partial charge in [-0.2, -0.15) is 17.0 Å². The summed E-state index contributed by atoms with van der Waals surface area (Å²) in [4.78, 5) is 11.1. The number of carboxylic acids is 1. The zero-order chi connectivity index (χ0) is 12.8. The van der Waals surface area contributed by atoms with Crippen LogP contribution < -0.4 is 0 Å². The van der Waals surface area contributed by atoms with Crippen LogP contribution in [0.5, 0.6) is 0 Å². The van der Waals surface area contributed by atoms with Gasteiger partial charge in [0.2, 0.25) is 0 Å². The number of rotatable bonds is 4. The Balaban J connectivity index is 2.18. The Kier molecular flexibility index (Phi) is 2.95. The number of hydrogen-bond donors (Lipinski definition) is 1. The lowest BCUT2D eigenvalue weighted by atomic mass is 10.1. The van der Waals surface area contributed by atoms with Gasteiger partial charge in [-0.25, -0.2) is 0 Å². The Morgan fingerprint density at radius 3 is 2.41 bits per heavy atom. The van der Waals surface area contributed by atoms with Gasteiger partial charge in [0.15, 0.2) is 0 Å². The Hall–Kier alpha value is -0.660. The second-order valence-corrected chi connectivity index (χ2v) is 7.10. The third-order valence-electron chi connectivity index (χ3n) is 3.46. The van der Waals surface area contributed by atoms with E-state index in [1.807, 2.05) is 0 Å². The maximum atomic E-state index is 12.2. The minimum atomic E-state index is -3.60. The van der Waals surface area contributed by atoms with E-state index in [0.29, 0.717) is 19.0 Å². The minimum Gasteiger partial charge on any atom is -0.480 e. The van der Waals surface area contributed by atoms with E-state index in [2.05, 4.69) is 0 Å². The fourth-order valence-electron chi connectivity index (χ4n) is 2.02. The summed E-state index contributed by atoms with van der Waals surface area (Å²) in [6.07, 6.45) is 2.16. The highest BCUT2D eigenvalue weighted by atomic mass is 32.2. The summed E-state index contributed by atoms with van der Waals surface area (Å²) in [7, 11) is -3.60. The van der Waals surface area contributed by atoms with Crippen molar-refractivity contribution in [1.82, 2.24) is 8.61 Å². The lowest BCUT2D eigenvalue weighted by molar-refractivity contribution is -0.146. The molecule has 0 unspecified atom stereocenters. The zero-order valence-corrected chi connectivity index (χ0v) is 10.9. The van der Waals surface area contributed by atoms with Gasteiger partial charge in [0.05, 0.1) is 0 Å². The predicted molar refractivity (Wildman–Crippen MR) is 61.6 cm³/mol. The molecule has 2 fully saturated rings. The second kappa shape index (κ2) is 3.93. The molecule has 17 heavy (non-hydrogen) atoms. The first kappa shape index (κ1) is 12.8. The molecule has 7 heteroatoms. The molecule has 1 N–H and O–H groups in total. The van der Waals surface area contributed by atoms with E-state index in [9.17, 15) is 13.2 Å². The second-order valence-electron chi connectivity index (χ2n) is 5.25. The van der Waals surface area contributed by atoms with Crippen molar-refractivity contribution in [3.05, 3.63) is 0 Å². The number of hydrogen-bond acceptors (Lipinski definition) is 3. The summed E-state index contributed by atoms with van der Waals surface area (Å²) < 4.78 is 26.9. The third-order valence-corrected chi connectivity index (χ3v) is 5.64. The normalized spacial score (nSPS) is 26.2. The van der Waals surface area contributed by atoms with Crippen LogP contribution >= 0.6 is 0 Å². The molecule has 1 aliphatic carbocycles. The van der Waals surface area contributed by atoms with Crippen molar-refractivity contribution in [3.8, 4) is 0 Å². The number of carboxylic acid groups (broad SMARTS) is 1. The van der Waals surface area contributed by atoms with E-state index in [4.69, 9.17) is 5.11 Å². The lowest BCUT2D eigenvalue weighted by Crippen LogP contribution is -2.52. The molecule has 0 aromatic rings. The average molecular weight is 262 g/mol. The van der Waals surface area contributed by atoms with E-state index in [-0.39, 0.29) is 6.54 Å². The molecule has 0 bridgehead atoms. The van der Waals surface area contributed by atoms with Gasteiger partial charge in [-0.1, -0.05) is 0 Å². The molecule has 0 aromatic carbocycles. The summed E-state index contributed by atoms with van der Waals surface area (Å²) in [6, 6.07) is 0. The first-order valence-electron chi connectivity index (χ1n) is 5.77. The SMILES string of the molecule is CC(C)(C(=O)O)N1CCN(CC2CC2)S1(=O)=O. The number of carbonyl (C=O) groups is 1. The average Bonchev–Trinajstić information content (AvgIpc) is 2.93. The molecule has 0 radical (unpaired) electrons. The Labute approximate surface area is 101 Å². The van der Waals surface area contributed by atoms with Crippen LogP contribution in [0.4, 0.5) is 0 Å². The molecular weight excluding hydrogens is 244 g/mol. The Morgan fingerprint density at radius 2 is 1.94 bits per heavy atom. The summed E-state index contributed by atoms with van der Waals surface area (Å²) in [5.74, 6) is -0.646. The van der Waals surface area contributed by atoms with Gasteiger partial charge in [-0.15, -0.1) is 0 Å². The monoisotopic (exact) mass is 262 g/mol. The van der Waals surface area contributed by atoms with Gasteiger partial charge in [0.1, 0.15) is 5.54 Å². The Morgan fingerprint density at radius 1 is 1.35 bits per heavy atom. The van der Waals surface area contributed by atoms with Gasteiger partial charge >= 0.3 is 5.97 Å². The molecule has 0 atom stereocenters. The van der Waals surface area contributed by atoms with Crippen LogP contribution in [-0.2, 0) is 15.0 Å². The zero-order valence-electron chi connectivity index (χ0n) is 10.1. The van der Waals surface area contributed by atoms with Crippen LogP contribution in [0.2, 0.25) is 0 Å². The molecule has 2 rings (SSSR count). The topological polar surface area (TPSA) is 77.9 Å². The molecule has 0 spiro atoms. The summed E-state index contributed by atoms with van der Waals surface area (Å²) in [5, 5.41) is 9.09. The van der Waals surface area contributed by atoms with Crippen molar-refractivity contribution >= 4 is 16.2 Å². The van der Waals surface area contributed by atoms with Crippen LogP contribution in [0.1, 0.15) is 26.7 Å². The highest BCUT2D eigenvalue weighted by molar-refractivity contribution is 7.87. The molecule has 0 aromatic heterocycles.